The molecule has 2 aromatic carbocycles. The van der Waals surface area contributed by atoms with E-state index in [2.05, 4.69) is 5.32 Å². The topological polar surface area (TPSA) is 69.6 Å². The average Bonchev–Trinajstić information content (AvgIpc) is 3.09. The smallest absolute Gasteiger partial charge is 0.308 e. The van der Waals surface area contributed by atoms with Crippen LogP contribution in [-0.4, -0.2) is 35.0 Å². The highest BCUT2D eigenvalue weighted by molar-refractivity contribution is 6.00. The van der Waals surface area contributed by atoms with E-state index in [0.717, 1.165) is 16.9 Å². The van der Waals surface area contributed by atoms with Crippen LogP contribution in [0.25, 0.3) is 0 Å². The van der Waals surface area contributed by atoms with E-state index in [1.807, 2.05) is 50.2 Å². The minimum atomic E-state index is -0.836. The van der Waals surface area contributed by atoms with Gasteiger partial charge in [-0.1, -0.05) is 24.3 Å². The Balaban J connectivity index is 1.85. The van der Waals surface area contributed by atoms with Crippen molar-refractivity contribution in [1.82, 2.24) is 4.90 Å². The third kappa shape index (κ3) is 3.50. The maximum absolute atomic E-state index is 12.9. The molecule has 0 aliphatic carbocycles. The lowest BCUT2D eigenvalue weighted by atomic mass is 10.1. The van der Waals surface area contributed by atoms with Gasteiger partial charge in [-0.2, -0.15) is 0 Å². The number of nitrogens with one attached hydrogen (secondary N) is 1. The van der Waals surface area contributed by atoms with E-state index in [4.69, 9.17) is 5.11 Å². The summed E-state index contributed by atoms with van der Waals surface area (Å²) in [5.41, 5.74) is 4.58. The molecule has 1 heterocycles. The fourth-order valence-corrected chi connectivity index (χ4v) is 3.13. The summed E-state index contributed by atoms with van der Waals surface area (Å²) in [6.45, 7) is 4.84. The third-order valence-electron chi connectivity index (χ3n) is 4.86. The fourth-order valence-electron chi connectivity index (χ4n) is 3.13. The van der Waals surface area contributed by atoms with Crippen LogP contribution in [0.15, 0.2) is 42.5 Å². The second kappa shape index (κ2) is 6.97. The van der Waals surface area contributed by atoms with Gasteiger partial charge in [0.25, 0.3) is 5.91 Å². The van der Waals surface area contributed by atoms with Crippen molar-refractivity contribution in [1.29, 1.82) is 0 Å². The monoisotopic (exact) mass is 338 g/mol. The van der Waals surface area contributed by atoms with E-state index in [9.17, 15) is 9.59 Å². The molecule has 2 N–H and O–H groups in total. The highest BCUT2D eigenvalue weighted by Gasteiger charge is 2.32. The van der Waals surface area contributed by atoms with Crippen LogP contribution in [0.2, 0.25) is 0 Å². The van der Waals surface area contributed by atoms with Crippen molar-refractivity contribution in [2.24, 2.45) is 5.92 Å². The van der Waals surface area contributed by atoms with Gasteiger partial charge in [0, 0.05) is 18.8 Å². The largest absolute Gasteiger partial charge is 0.481 e. The molecule has 1 aliphatic heterocycles. The summed E-state index contributed by atoms with van der Waals surface area (Å²) >= 11 is 0. The fraction of sp³-hybridized carbons (Fsp3) is 0.300. The lowest BCUT2D eigenvalue weighted by Crippen LogP contribution is -2.30. The molecule has 0 bridgehead atoms. The molecule has 0 radical (unpaired) electrons. The van der Waals surface area contributed by atoms with Crippen molar-refractivity contribution in [3.8, 4) is 0 Å². The first-order valence-electron chi connectivity index (χ1n) is 8.41. The Hall–Kier alpha value is -2.82. The van der Waals surface area contributed by atoms with Crippen LogP contribution in [-0.2, 0) is 4.79 Å². The molecular weight excluding hydrogens is 316 g/mol. The van der Waals surface area contributed by atoms with Crippen molar-refractivity contribution >= 4 is 23.3 Å². The molecule has 5 heteroatoms. The maximum Gasteiger partial charge on any atom is 0.308 e. The number of carbonyl (C=O) groups is 2. The standard InChI is InChI=1S/C20H22N2O3/c1-13-6-5-9-17(14(13)2)21-18-8-4-3-7-16(18)19(23)22-11-10-15(12-22)20(24)25/h3-9,15,21H,10-12H2,1-2H3,(H,24,25). The maximum atomic E-state index is 12.9. The van der Waals surface area contributed by atoms with Crippen molar-refractivity contribution in [3.05, 3.63) is 59.2 Å². The summed E-state index contributed by atoms with van der Waals surface area (Å²) < 4.78 is 0. The van der Waals surface area contributed by atoms with Gasteiger partial charge in [-0.25, -0.2) is 0 Å². The number of rotatable bonds is 4. The van der Waals surface area contributed by atoms with E-state index < -0.39 is 11.9 Å². The van der Waals surface area contributed by atoms with E-state index >= 15 is 0 Å². The normalized spacial score (nSPS) is 16.7. The molecule has 130 valence electrons. The lowest BCUT2D eigenvalue weighted by molar-refractivity contribution is -0.141. The van der Waals surface area contributed by atoms with Gasteiger partial charge < -0.3 is 15.3 Å². The van der Waals surface area contributed by atoms with Crippen LogP contribution in [0.4, 0.5) is 11.4 Å². The first-order valence-corrected chi connectivity index (χ1v) is 8.41. The number of hydrogen-bond acceptors (Lipinski definition) is 3. The zero-order valence-corrected chi connectivity index (χ0v) is 14.5. The molecule has 0 saturated carbocycles. The second-order valence-electron chi connectivity index (χ2n) is 6.49. The van der Waals surface area contributed by atoms with Gasteiger partial charge in [-0.15, -0.1) is 0 Å². The summed E-state index contributed by atoms with van der Waals surface area (Å²) in [6.07, 6.45) is 0.508. The second-order valence-corrected chi connectivity index (χ2v) is 6.49. The molecule has 25 heavy (non-hydrogen) atoms. The summed E-state index contributed by atoms with van der Waals surface area (Å²) in [5, 5.41) is 12.5. The van der Waals surface area contributed by atoms with Crippen molar-refractivity contribution in [2.75, 3.05) is 18.4 Å². The molecule has 1 saturated heterocycles. The molecule has 1 amide bonds. The van der Waals surface area contributed by atoms with Crippen molar-refractivity contribution in [3.63, 3.8) is 0 Å². The predicted octanol–water partition coefficient (Wildman–Crippen LogP) is 3.59. The Labute approximate surface area is 147 Å². The number of aryl methyl sites for hydroxylation is 1. The summed E-state index contributed by atoms with van der Waals surface area (Å²) in [7, 11) is 0. The Bertz CT molecular complexity index is 816. The molecule has 2 aromatic rings. The van der Waals surface area contributed by atoms with Gasteiger partial charge >= 0.3 is 5.97 Å². The number of anilines is 2. The van der Waals surface area contributed by atoms with Gasteiger partial charge in [0.1, 0.15) is 0 Å². The highest BCUT2D eigenvalue weighted by atomic mass is 16.4. The Morgan fingerprint density at radius 1 is 1.08 bits per heavy atom. The number of amides is 1. The van der Waals surface area contributed by atoms with Gasteiger partial charge in [0.05, 0.1) is 17.2 Å². The number of likely N-dealkylation sites (tertiary alicyclic amines) is 1. The van der Waals surface area contributed by atoms with E-state index in [-0.39, 0.29) is 12.5 Å². The third-order valence-corrected chi connectivity index (χ3v) is 4.86. The van der Waals surface area contributed by atoms with Gasteiger partial charge in [0.15, 0.2) is 0 Å². The minimum Gasteiger partial charge on any atom is -0.481 e. The zero-order valence-electron chi connectivity index (χ0n) is 14.5. The van der Waals surface area contributed by atoms with Crippen LogP contribution in [0.3, 0.4) is 0 Å². The molecule has 5 nitrogen and oxygen atoms in total. The molecule has 3 rings (SSSR count). The molecule has 1 unspecified atom stereocenters. The number of nitrogens with zero attached hydrogens (tertiary/aromatic N) is 1. The Kier molecular flexibility index (Phi) is 4.74. The molecule has 1 atom stereocenters. The Morgan fingerprint density at radius 3 is 2.52 bits per heavy atom. The Morgan fingerprint density at radius 2 is 1.80 bits per heavy atom. The highest BCUT2D eigenvalue weighted by Crippen LogP contribution is 2.27. The van der Waals surface area contributed by atoms with Gasteiger partial charge in [-0.3, -0.25) is 9.59 Å². The van der Waals surface area contributed by atoms with Crippen LogP contribution in [0.1, 0.15) is 27.9 Å². The summed E-state index contributed by atoms with van der Waals surface area (Å²) in [4.78, 5) is 25.6. The summed E-state index contributed by atoms with van der Waals surface area (Å²) in [6, 6.07) is 13.4. The number of carboxylic acids is 1. The number of benzene rings is 2. The first-order chi connectivity index (χ1) is 12.0. The van der Waals surface area contributed by atoms with Crippen LogP contribution >= 0.6 is 0 Å². The molecule has 0 spiro atoms. The van der Waals surface area contributed by atoms with E-state index in [0.29, 0.717) is 18.5 Å². The zero-order chi connectivity index (χ0) is 18.0. The van der Waals surface area contributed by atoms with Crippen molar-refractivity contribution < 1.29 is 14.7 Å². The number of carboxylic acid groups (broad SMARTS) is 1. The van der Waals surface area contributed by atoms with Gasteiger partial charge in [-0.05, 0) is 49.6 Å². The first kappa shape index (κ1) is 17.0. The van der Waals surface area contributed by atoms with Crippen LogP contribution < -0.4 is 5.32 Å². The molecule has 0 aromatic heterocycles. The average molecular weight is 338 g/mol. The predicted molar refractivity (Wildman–Crippen MR) is 97.3 cm³/mol. The lowest BCUT2D eigenvalue weighted by Gasteiger charge is -2.19. The van der Waals surface area contributed by atoms with Gasteiger partial charge in [0.2, 0.25) is 0 Å². The van der Waals surface area contributed by atoms with Crippen molar-refractivity contribution in [2.45, 2.75) is 20.3 Å². The summed E-state index contributed by atoms with van der Waals surface area (Å²) in [5.74, 6) is -1.43. The molecule has 1 fully saturated rings. The number of para-hydroxylation sites is 1. The number of hydrogen-bond donors (Lipinski definition) is 2. The SMILES string of the molecule is Cc1cccc(Nc2ccccc2C(=O)N2CCC(C(=O)O)C2)c1C. The molecular formula is C20H22N2O3. The van der Waals surface area contributed by atoms with E-state index in [1.54, 1.807) is 11.0 Å². The van der Waals surface area contributed by atoms with E-state index in [1.165, 1.54) is 5.56 Å². The molecule has 1 aliphatic rings. The van der Waals surface area contributed by atoms with Crippen LogP contribution in [0, 0.1) is 19.8 Å². The number of carbonyl (C=O) groups excluding carboxylic acids is 1. The number of aliphatic carboxylic acids is 1. The quantitative estimate of drug-likeness (QED) is 0.894. The van der Waals surface area contributed by atoms with Crippen LogP contribution in [0.5, 0.6) is 0 Å². The minimum absolute atomic E-state index is 0.128.